The average molecular weight is 439 g/mol. The summed E-state index contributed by atoms with van der Waals surface area (Å²) in [5.41, 5.74) is 0. The van der Waals surface area contributed by atoms with Gasteiger partial charge in [-0.05, 0) is 63.7 Å². The summed E-state index contributed by atoms with van der Waals surface area (Å²) in [6.45, 7) is 3.95. The highest BCUT2D eigenvalue weighted by molar-refractivity contribution is 7.91. The maximum Gasteiger partial charge on any atom is 0.411 e. The van der Waals surface area contributed by atoms with E-state index in [0.717, 1.165) is 44.9 Å². The van der Waals surface area contributed by atoms with Crippen molar-refractivity contribution in [3.8, 4) is 12.3 Å². The maximum absolute atomic E-state index is 12.7. The van der Waals surface area contributed by atoms with Crippen LogP contribution in [-0.2, 0) is 19.4 Å². The highest BCUT2D eigenvalue weighted by Gasteiger charge is 2.48. The third-order valence-electron chi connectivity index (χ3n) is 7.38. The normalized spacial score (nSPS) is 34.6. The molecule has 0 aromatic heterocycles. The van der Waals surface area contributed by atoms with E-state index in [1.165, 1.54) is 6.26 Å². The predicted octanol–water partition coefficient (Wildman–Crippen LogP) is 2.45. The molecule has 3 fully saturated rings. The molecule has 7 nitrogen and oxygen atoms in total. The van der Waals surface area contributed by atoms with Crippen molar-refractivity contribution in [1.82, 2.24) is 9.80 Å². The lowest BCUT2D eigenvalue weighted by atomic mass is 9.69. The molecule has 0 radical (unpaired) electrons. The molecule has 4 atom stereocenters. The Labute approximate surface area is 180 Å². The molecule has 0 bridgehead atoms. The number of rotatable bonds is 3. The van der Waals surface area contributed by atoms with Crippen LogP contribution in [0.4, 0.5) is 4.79 Å². The van der Waals surface area contributed by atoms with E-state index in [9.17, 15) is 18.0 Å². The monoisotopic (exact) mass is 438 g/mol. The van der Waals surface area contributed by atoms with Gasteiger partial charge in [-0.2, -0.15) is 0 Å². The van der Waals surface area contributed by atoms with Gasteiger partial charge in [0.15, 0.2) is 6.61 Å². The molecule has 3 rings (SSSR count). The van der Waals surface area contributed by atoms with Crippen LogP contribution < -0.4 is 0 Å². The van der Waals surface area contributed by atoms with Crippen LogP contribution in [0.25, 0.3) is 0 Å². The number of carbonyl (C=O) groups excluding carboxylic acids is 2. The van der Waals surface area contributed by atoms with Crippen LogP contribution in [0.5, 0.6) is 0 Å². The topological polar surface area (TPSA) is 84.0 Å². The Balaban J connectivity index is 1.74. The first-order valence-corrected chi connectivity index (χ1v) is 12.9. The van der Waals surface area contributed by atoms with Gasteiger partial charge in [-0.3, -0.25) is 4.79 Å². The minimum Gasteiger partial charge on any atom is -0.436 e. The fraction of sp³-hybridized carbons (Fsp3) is 0.818. The van der Waals surface area contributed by atoms with E-state index in [1.54, 1.807) is 11.8 Å². The van der Waals surface area contributed by atoms with Crippen molar-refractivity contribution in [2.45, 2.75) is 82.2 Å². The number of fused-ring (bicyclic) bond motifs is 1. The molecule has 3 unspecified atom stereocenters. The summed E-state index contributed by atoms with van der Waals surface area (Å²) in [5.74, 6) is 3.28. The summed E-state index contributed by atoms with van der Waals surface area (Å²) in [4.78, 5) is 28.8. The molecule has 168 valence electrons. The van der Waals surface area contributed by atoms with Crippen LogP contribution >= 0.6 is 0 Å². The highest BCUT2D eigenvalue weighted by Crippen LogP contribution is 2.43. The van der Waals surface area contributed by atoms with Crippen molar-refractivity contribution in [1.29, 1.82) is 0 Å². The highest BCUT2D eigenvalue weighted by atomic mass is 32.2. The summed E-state index contributed by atoms with van der Waals surface area (Å²) in [5, 5.41) is -0.218. The number of amides is 2. The molecule has 2 saturated carbocycles. The molecule has 3 aliphatic rings. The standard InChI is InChI=1S/C22H34N2O5S/c1-5-12-29-22(26)23-14-15(2)24(16(3)25)20-11-8-18(13-21(20)23)17-6-9-19(10-7-17)30(4,27)28/h1,15,17-21H,6-14H2,2-4H3/t15-,17?,18?,19?,20?,21?/m0/s1. The summed E-state index contributed by atoms with van der Waals surface area (Å²) in [7, 11) is -2.98. The minimum absolute atomic E-state index is 0.00626. The largest absolute Gasteiger partial charge is 0.436 e. The lowest BCUT2D eigenvalue weighted by Gasteiger charge is -2.54. The van der Waals surface area contributed by atoms with Crippen molar-refractivity contribution < 1.29 is 22.7 Å². The van der Waals surface area contributed by atoms with E-state index in [-0.39, 0.29) is 35.9 Å². The molecule has 0 spiro atoms. The quantitative estimate of drug-likeness (QED) is 0.632. The fourth-order valence-electron chi connectivity index (χ4n) is 6.01. The van der Waals surface area contributed by atoms with Gasteiger partial charge in [0.1, 0.15) is 9.84 Å². The molecule has 1 aliphatic heterocycles. The van der Waals surface area contributed by atoms with E-state index >= 15 is 0 Å². The number of hydrogen-bond donors (Lipinski definition) is 0. The van der Waals surface area contributed by atoms with Gasteiger partial charge in [-0.15, -0.1) is 6.42 Å². The zero-order chi connectivity index (χ0) is 22.1. The first-order chi connectivity index (χ1) is 14.1. The molecule has 0 aromatic rings. The van der Waals surface area contributed by atoms with Crippen molar-refractivity contribution >= 4 is 21.8 Å². The fourth-order valence-corrected chi connectivity index (χ4v) is 7.14. The lowest BCUT2D eigenvalue weighted by Crippen LogP contribution is -2.67. The van der Waals surface area contributed by atoms with Crippen molar-refractivity contribution in [2.75, 3.05) is 19.4 Å². The number of terminal acetylenes is 1. The second kappa shape index (κ2) is 9.17. The number of ether oxygens (including phenoxy) is 1. The Morgan fingerprint density at radius 2 is 1.70 bits per heavy atom. The summed E-state index contributed by atoms with van der Waals surface area (Å²) < 4.78 is 29.0. The second-order valence-electron chi connectivity index (χ2n) is 9.26. The van der Waals surface area contributed by atoms with Gasteiger partial charge in [0.05, 0.1) is 17.3 Å². The van der Waals surface area contributed by atoms with Gasteiger partial charge in [-0.25, -0.2) is 13.2 Å². The Morgan fingerprint density at radius 1 is 1.07 bits per heavy atom. The Bertz CT molecular complexity index is 797. The van der Waals surface area contributed by atoms with Gasteiger partial charge in [0.25, 0.3) is 0 Å². The summed E-state index contributed by atoms with van der Waals surface area (Å²) in [6.07, 6.45) is 12.1. The molecule has 8 heteroatoms. The summed E-state index contributed by atoms with van der Waals surface area (Å²) in [6, 6.07) is -0.154. The van der Waals surface area contributed by atoms with Crippen molar-refractivity contribution in [3.05, 3.63) is 0 Å². The molecule has 1 heterocycles. The van der Waals surface area contributed by atoms with Crippen LogP contribution in [0.3, 0.4) is 0 Å². The van der Waals surface area contributed by atoms with Crippen molar-refractivity contribution in [2.24, 2.45) is 11.8 Å². The van der Waals surface area contributed by atoms with Gasteiger partial charge >= 0.3 is 6.09 Å². The Morgan fingerprint density at radius 3 is 2.27 bits per heavy atom. The number of sulfone groups is 1. The Hall–Kier alpha value is -1.75. The van der Waals surface area contributed by atoms with Crippen LogP contribution in [0, 0.1) is 24.2 Å². The molecular formula is C22H34N2O5S. The molecule has 2 aliphatic carbocycles. The van der Waals surface area contributed by atoms with Gasteiger partial charge in [-0.1, -0.05) is 5.92 Å². The smallest absolute Gasteiger partial charge is 0.411 e. The first kappa shape index (κ1) is 22.9. The zero-order valence-corrected chi connectivity index (χ0v) is 19.1. The van der Waals surface area contributed by atoms with E-state index in [4.69, 9.17) is 11.2 Å². The first-order valence-electron chi connectivity index (χ1n) is 11.0. The van der Waals surface area contributed by atoms with Crippen LogP contribution in [-0.4, -0.2) is 73.0 Å². The average Bonchev–Trinajstić information content (AvgIpc) is 2.70. The minimum atomic E-state index is -2.98. The van der Waals surface area contributed by atoms with Gasteiger partial charge in [0.2, 0.25) is 5.91 Å². The third kappa shape index (κ3) is 4.77. The van der Waals surface area contributed by atoms with Gasteiger partial charge < -0.3 is 14.5 Å². The summed E-state index contributed by atoms with van der Waals surface area (Å²) >= 11 is 0. The van der Waals surface area contributed by atoms with E-state index in [0.29, 0.717) is 18.4 Å². The molecule has 2 amide bonds. The lowest BCUT2D eigenvalue weighted by molar-refractivity contribution is -0.142. The molecule has 30 heavy (non-hydrogen) atoms. The van der Waals surface area contributed by atoms with Crippen LogP contribution in [0.2, 0.25) is 0 Å². The maximum atomic E-state index is 12.7. The van der Waals surface area contributed by atoms with Crippen LogP contribution in [0.15, 0.2) is 0 Å². The zero-order valence-electron chi connectivity index (χ0n) is 18.2. The van der Waals surface area contributed by atoms with E-state index in [2.05, 4.69) is 5.92 Å². The number of nitrogens with zero attached hydrogens (tertiary/aromatic N) is 2. The third-order valence-corrected chi connectivity index (χ3v) is 9.07. The molecule has 1 saturated heterocycles. The van der Waals surface area contributed by atoms with Crippen LogP contribution in [0.1, 0.15) is 58.8 Å². The molecule has 0 aromatic carbocycles. The predicted molar refractivity (Wildman–Crippen MR) is 114 cm³/mol. The number of hydrogen-bond acceptors (Lipinski definition) is 5. The van der Waals surface area contributed by atoms with Gasteiger partial charge in [0, 0.05) is 25.8 Å². The van der Waals surface area contributed by atoms with E-state index in [1.807, 2.05) is 11.8 Å². The molecular weight excluding hydrogens is 404 g/mol. The number of piperazine rings is 1. The molecule has 0 N–H and O–H groups in total. The SMILES string of the molecule is C#CCOC(=O)N1C[C@H](C)N(C(C)=O)C2CCC(C3CCC(S(C)(=O)=O)CC3)CC21. The number of carbonyl (C=O) groups is 2. The van der Waals surface area contributed by atoms with E-state index < -0.39 is 15.9 Å². The van der Waals surface area contributed by atoms with Crippen molar-refractivity contribution in [3.63, 3.8) is 0 Å². The Kier molecular flexibility index (Phi) is 7.01. The second-order valence-corrected chi connectivity index (χ2v) is 11.6.